The average Bonchev–Trinajstić information content (AvgIpc) is 3.16. The first kappa shape index (κ1) is 15.4. The highest BCUT2D eigenvalue weighted by molar-refractivity contribution is 7.89. The van der Waals surface area contributed by atoms with Gasteiger partial charge < -0.3 is 0 Å². The van der Waals surface area contributed by atoms with E-state index in [1.54, 1.807) is 0 Å². The molecule has 1 fully saturated rings. The van der Waals surface area contributed by atoms with Gasteiger partial charge in [0.25, 0.3) is 0 Å². The molecule has 0 N–H and O–H groups in total. The van der Waals surface area contributed by atoms with E-state index >= 15 is 0 Å². The quantitative estimate of drug-likeness (QED) is 0.612. The summed E-state index contributed by atoms with van der Waals surface area (Å²) in [5.41, 5.74) is 0.960. The fourth-order valence-corrected chi connectivity index (χ4v) is 5.11. The predicted molar refractivity (Wildman–Crippen MR) is 87.5 cm³/mol. The van der Waals surface area contributed by atoms with Gasteiger partial charge in [-0.2, -0.15) is 4.31 Å². The van der Waals surface area contributed by atoms with Crippen LogP contribution in [0.25, 0.3) is 10.8 Å². The van der Waals surface area contributed by atoms with Gasteiger partial charge in [0.1, 0.15) is 5.75 Å². The van der Waals surface area contributed by atoms with Crippen molar-refractivity contribution < 1.29 is 8.42 Å². The van der Waals surface area contributed by atoms with Crippen molar-refractivity contribution in [2.75, 3.05) is 12.3 Å². The lowest BCUT2D eigenvalue weighted by atomic mass is 10.1. The van der Waals surface area contributed by atoms with E-state index in [0.29, 0.717) is 6.54 Å². The van der Waals surface area contributed by atoms with Gasteiger partial charge in [0.2, 0.25) is 13.8 Å². The lowest BCUT2D eigenvalue weighted by Gasteiger charge is -2.12. The third kappa shape index (κ3) is 3.46. The Morgan fingerprint density at radius 2 is 1.76 bits per heavy atom. The number of hydrogen-bond acceptors (Lipinski definition) is 2. The minimum Gasteiger partial charge on any atom is -0.212 e. The topological polar surface area (TPSA) is 37.1 Å². The minimum atomic E-state index is -3.56. The van der Waals surface area contributed by atoms with Crippen LogP contribution in [0.1, 0.15) is 11.6 Å². The van der Waals surface area contributed by atoms with Crippen molar-refractivity contribution >= 4 is 55.6 Å². The van der Waals surface area contributed by atoms with Crippen LogP contribution in [0.5, 0.6) is 0 Å². The van der Waals surface area contributed by atoms with Crippen molar-refractivity contribution in [3.63, 3.8) is 0 Å². The molecule has 3 rings (SSSR count). The van der Waals surface area contributed by atoms with Crippen LogP contribution in [0.4, 0.5) is 0 Å². The second kappa shape index (κ2) is 5.28. The number of benzene rings is 2. The van der Waals surface area contributed by atoms with Gasteiger partial charge in [-0.1, -0.05) is 71.2 Å². The third-order valence-electron chi connectivity index (χ3n) is 3.43. The van der Waals surface area contributed by atoms with Gasteiger partial charge in [0.05, 0.1) is 6.04 Å². The van der Waals surface area contributed by atoms with Gasteiger partial charge in [0.15, 0.2) is 0 Å². The van der Waals surface area contributed by atoms with Gasteiger partial charge in [0, 0.05) is 6.54 Å². The average molecular weight is 365 g/mol. The Balaban J connectivity index is 1.83. The van der Waals surface area contributed by atoms with Crippen LogP contribution in [0.3, 0.4) is 0 Å². The summed E-state index contributed by atoms with van der Waals surface area (Å²) < 4.78 is 23.8. The summed E-state index contributed by atoms with van der Waals surface area (Å²) in [4.78, 5) is 0. The molecule has 1 aliphatic heterocycles. The second-order valence-corrected chi connectivity index (χ2v) is 9.50. The maximum atomic E-state index is 12.1. The largest absolute Gasteiger partial charge is 0.219 e. The molecule has 112 valence electrons. The lowest BCUT2D eigenvalue weighted by Crippen LogP contribution is -2.25. The van der Waals surface area contributed by atoms with Crippen molar-refractivity contribution in [3.05, 3.63) is 48.0 Å². The standard InChI is InChI=1S/C14H12Cl3NO2S/c15-14(16,17)9-21(19,20)18-8-13(18)12-6-5-10-3-1-2-4-11(10)7-12/h1-7,13H,8-9H2. The lowest BCUT2D eigenvalue weighted by molar-refractivity contribution is 0.554. The van der Waals surface area contributed by atoms with Gasteiger partial charge in [-0.05, 0) is 22.4 Å². The van der Waals surface area contributed by atoms with Gasteiger partial charge >= 0.3 is 0 Å². The van der Waals surface area contributed by atoms with E-state index in [1.807, 2.05) is 42.5 Å². The zero-order valence-corrected chi connectivity index (χ0v) is 13.9. The summed E-state index contributed by atoms with van der Waals surface area (Å²) in [6, 6.07) is 13.7. The van der Waals surface area contributed by atoms with Gasteiger partial charge in [-0.3, -0.25) is 0 Å². The molecule has 0 aromatic heterocycles. The Bertz CT molecular complexity index is 786. The smallest absolute Gasteiger partial charge is 0.212 e. The van der Waals surface area contributed by atoms with Crippen molar-refractivity contribution in [2.24, 2.45) is 0 Å². The van der Waals surface area contributed by atoms with E-state index in [9.17, 15) is 8.42 Å². The molecule has 1 heterocycles. The van der Waals surface area contributed by atoms with E-state index in [2.05, 4.69) is 0 Å². The molecule has 1 aliphatic rings. The van der Waals surface area contributed by atoms with Crippen molar-refractivity contribution in [1.29, 1.82) is 0 Å². The molecule has 2 unspecified atom stereocenters. The van der Waals surface area contributed by atoms with Crippen LogP contribution in [-0.4, -0.2) is 28.8 Å². The number of nitrogens with zero attached hydrogens (tertiary/aromatic N) is 1. The van der Waals surface area contributed by atoms with Gasteiger partial charge in [-0.15, -0.1) is 0 Å². The number of alkyl halides is 3. The van der Waals surface area contributed by atoms with Gasteiger partial charge in [-0.25, -0.2) is 8.42 Å². The van der Waals surface area contributed by atoms with Crippen LogP contribution in [-0.2, 0) is 10.0 Å². The monoisotopic (exact) mass is 363 g/mol. The van der Waals surface area contributed by atoms with E-state index < -0.39 is 19.6 Å². The number of sulfonamides is 1. The summed E-state index contributed by atoms with van der Waals surface area (Å²) in [6.45, 7) is 0.432. The fraction of sp³-hybridized carbons (Fsp3) is 0.286. The molecule has 1 saturated heterocycles. The van der Waals surface area contributed by atoms with Crippen LogP contribution in [0, 0.1) is 0 Å². The van der Waals surface area contributed by atoms with Crippen LogP contribution in [0.2, 0.25) is 0 Å². The Labute approximate surface area is 138 Å². The van der Waals surface area contributed by atoms with Crippen LogP contribution < -0.4 is 0 Å². The van der Waals surface area contributed by atoms with E-state index in [4.69, 9.17) is 34.8 Å². The van der Waals surface area contributed by atoms with Crippen LogP contribution >= 0.6 is 34.8 Å². The molecule has 0 bridgehead atoms. The molecular weight excluding hydrogens is 353 g/mol. The molecule has 2 aromatic rings. The molecule has 2 atom stereocenters. The molecule has 0 saturated carbocycles. The predicted octanol–water partition coefficient (Wildman–Crippen LogP) is 3.90. The van der Waals surface area contributed by atoms with Crippen molar-refractivity contribution in [1.82, 2.24) is 4.31 Å². The molecular formula is C14H12Cl3NO2S. The Kier molecular flexibility index (Phi) is 3.87. The highest BCUT2D eigenvalue weighted by atomic mass is 35.6. The number of rotatable bonds is 3. The molecule has 3 nitrogen and oxygen atoms in total. The number of fused-ring (bicyclic) bond motifs is 1. The van der Waals surface area contributed by atoms with Crippen LogP contribution in [0.15, 0.2) is 42.5 Å². The summed E-state index contributed by atoms with van der Waals surface area (Å²) in [6.07, 6.45) is 0. The molecule has 2 aromatic carbocycles. The SMILES string of the molecule is O=S(=O)(CC(Cl)(Cl)Cl)N1CC1c1ccc2ccccc2c1. The van der Waals surface area contributed by atoms with Crippen molar-refractivity contribution in [2.45, 2.75) is 9.83 Å². The maximum absolute atomic E-state index is 12.1. The molecule has 7 heteroatoms. The zero-order valence-electron chi connectivity index (χ0n) is 10.8. The summed E-state index contributed by atoms with van der Waals surface area (Å²) in [5.74, 6) is -0.505. The Hall–Kier alpha value is -0.520. The minimum absolute atomic E-state index is 0.160. The molecule has 0 radical (unpaired) electrons. The fourth-order valence-electron chi connectivity index (χ4n) is 2.41. The van der Waals surface area contributed by atoms with E-state index in [-0.39, 0.29) is 6.04 Å². The number of hydrogen-bond donors (Lipinski definition) is 0. The van der Waals surface area contributed by atoms with E-state index in [0.717, 1.165) is 16.3 Å². The second-order valence-electron chi connectivity index (χ2n) is 5.06. The summed E-state index contributed by atoms with van der Waals surface area (Å²) in [5, 5.41) is 2.21. The Morgan fingerprint density at radius 1 is 1.10 bits per heavy atom. The van der Waals surface area contributed by atoms with Crippen molar-refractivity contribution in [3.8, 4) is 0 Å². The van der Waals surface area contributed by atoms with E-state index in [1.165, 1.54) is 4.31 Å². The Morgan fingerprint density at radius 3 is 2.43 bits per heavy atom. The molecule has 0 amide bonds. The number of halogens is 3. The molecule has 0 spiro atoms. The highest BCUT2D eigenvalue weighted by Crippen LogP contribution is 2.41. The first-order valence-corrected chi connectivity index (χ1v) is 9.05. The highest BCUT2D eigenvalue weighted by Gasteiger charge is 2.47. The normalized spacial score (nSPS) is 22.4. The molecule has 0 aliphatic carbocycles. The summed E-state index contributed by atoms with van der Waals surface area (Å²) in [7, 11) is -3.56. The summed E-state index contributed by atoms with van der Waals surface area (Å²) >= 11 is 16.8. The third-order valence-corrected chi connectivity index (χ3v) is 6.22. The zero-order chi connectivity index (χ0) is 15.3. The molecule has 21 heavy (non-hydrogen) atoms. The first-order valence-electron chi connectivity index (χ1n) is 6.31. The maximum Gasteiger partial charge on any atom is 0.219 e. The first-order chi connectivity index (χ1) is 9.76.